The summed E-state index contributed by atoms with van der Waals surface area (Å²) in [7, 11) is 0. The molecule has 0 saturated heterocycles. The summed E-state index contributed by atoms with van der Waals surface area (Å²) in [6.45, 7) is 4.06. The van der Waals surface area contributed by atoms with E-state index < -0.39 is 0 Å². The molecule has 0 aromatic heterocycles. The zero-order chi connectivity index (χ0) is 15.1. The van der Waals surface area contributed by atoms with Crippen LogP contribution in [0.5, 0.6) is 0 Å². The van der Waals surface area contributed by atoms with E-state index in [1.807, 2.05) is 13.0 Å². The van der Waals surface area contributed by atoms with Gasteiger partial charge in [-0.2, -0.15) is 0 Å². The first-order valence-corrected chi connectivity index (χ1v) is 7.79. The number of nitro groups is 1. The molecule has 116 valence electrons. The van der Waals surface area contributed by atoms with Crippen LogP contribution in [0.3, 0.4) is 0 Å². The lowest BCUT2D eigenvalue weighted by Gasteiger charge is -2.24. The molecule has 1 fully saturated rings. The molecular formula is C16H24N2O3. The molecule has 0 spiro atoms. The Bertz CT molecular complexity index is 473. The topological polar surface area (TPSA) is 64.4 Å². The van der Waals surface area contributed by atoms with Crippen LogP contribution in [0.4, 0.5) is 11.4 Å². The van der Waals surface area contributed by atoms with Gasteiger partial charge in [0.2, 0.25) is 0 Å². The lowest BCUT2D eigenvalue weighted by atomic mass is 9.83. The molecule has 5 nitrogen and oxygen atoms in total. The highest BCUT2D eigenvalue weighted by Crippen LogP contribution is 2.29. The van der Waals surface area contributed by atoms with Gasteiger partial charge in [0.1, 0.15) is 5.69 Å². The fourth-order valence-electron chi connectivity index (χ4n) is 2.45. The molecule has 0 atom stereocenters. The van der Waals surface area contributed by atoms with E-state index in [4.69, 9.17) is 4.74 Å². The Kier molecular flexibility index (Phi) is 5.99. The summed E-state index contributed by atoms with van der Waals surface area (Å²) in [6.07, 6.45) is 6.10. The van der Waals surface area contributed by atoms with Gasteiger partial charge >= 0.3 is 0 Å². The minimum atomic E-state index is -0.348. The number of nitrogens with one attached hydrogen (secondary N) is 1. The van der Waals surface area contributed by atoms with E-state index in [1.165, 1.54) is 19.3 Å². The summed E-state index contributed by atoms with van der Waals surface area (Å²) in [5, 5.41) is 14.1. The highest BCUT2D eigenvalue weighted by Gasteiger charge is 2.17. The van der Waals surface area contributed by atoms with Crippen LogP contribution in [-0.2, 0) is 11.3 Å². The van der Waals surface area contributed by atoms with E-state index in [2.05, 4.69) is 5.32 Å². The van der Waals surface area contributed by atoms with Crippen molar-refractivity contribution in [3.63, 3.8) is 0 Å². The fraction of sp³-hybridized carbons (Fsp3) is 0.625. The van der Waals surface area contributed by atoms with E-state index in [1.54, 1.807) is 12.1 Å². The van der Waals surface area contributed by atoms with Crippen molar-refractivity contribution in [2.24, 2.45) is 5.92 Å². The van der Waals surface area contributed by atoms with Crippen molar-refractivity contribution in [1.29, 1.82) is 0 Å². The lowest BCUT2D eigenvalue weighted by Crippen LogP contribution is -2.13. The molecule has 1 aromatic carbocycles. The predicted octanol–water partition coefficient (Wildman–Crippen LogP) is 4.12. The van der Waals surface area contributed by atoms with E-state index in [0.717, 1.165) is 37.5 Å². The zero-order valence-corrected chi connectivity index (χ0v) is 12.6. The molecular weight excluding hydrogens is 268 g/mol. The van der Waals surface area contributed by atoms with Crippen LogP contribution in [0.1, 0.15) is 44.6 Å². The summed E-state index contributed by atoms with van der Waals surface area (Å²) < 4.78 is 5.69. The third-order valence-electron chi connectivity index (χ3n) is 3.99. The molecule has 1 saturated carbocycles. The SMILES string of the molecule is CCCNc1cc(COCCC2CCC2)ccc1[N+](=O)[O-]. The maximum Gasteiger partial charge on any atom is 0.292 e. The average molecular weight is 292 g/mol. The molecule has 0 radical (unpaired) electrons. The molecule has 21 heavy (non-hydrogen) atoms. The highest BCUT2D eigenvalue weighted by molar-refractivity contribution is 5.62. The van der Waals surface area contributed by atoms with Crippen molar-refractivity contribution in [2.45, 2.75) is 45.6 Å². The van der Waals surface area contributed by atoms with Gasteiger partial charge in [-0.25, -0.2) is 0 Å². The number of hydrogen-bond donors (Lipinski definition) is 1. The van der Waals surface area contributed by atoms with Crippen molar-refractivity contribution in [3.05, 3.63) is 33.9 Å². The summed E-state index contributed by atoms with van der Waals surface area (Å²) in [4.78, 5) is 10.7. The van der Waals surface area contributed by atoms with E-state index in [-0.39, 0.29) is 10.6 Å². The molecule has 0 bridgehead atoms. The van der Waals surface area contributed by atoms with Crippen LogP contribution in [0.15, 0.2) is 18.2 Å². The maximum atomic E-state index is 11.0. The van der Waals surface area contributed by atoms with Crippen molar-refractivity contribution < 1.29 is 9.66 Å². The molecule has 1 aliphatic carbocycles. The second-order valence-corrected chi connectivity index (χ2v) is 5.67. The first-order chi connectivity index (χ1) is 10.2. The molecule has 0 heterocycles. The summed E-state index contributed by atoms with van der Waals surface area (Å²) in [5.41, 5.74) is 1.69. The Morgan fingerprint density at radius 2 is 2.24 bits per heavy atom. The van der Waals surface area contributed by atoms with Crippen LogP contribution >= 0.6 is 0 Å². The van der Waals surface area contributed by atoms with Crippen LogP contribution in [0, 0.1) is 16.0 Å². The molecule has 0 amide bonds. The number of hydrogen-bond acceptors (Lipinski definition) is 4. The molecule has 5 heteroatoms. The van der Waals surface area contributed by atoms with Crippen molar-refractivity contribution in [2.75, 3.05) is 18.5 Å². The third-order valence-corrected chi connectivity index (χ3v) is 3.99. The first kappa shape index (κ1) is 15.8. The van der Waals surface area contributed by atoms with Gasteiger partial charge < -0.3 is 10.1 Å². The van der Waals surface area contributed by atoms with Crippen molar-refractivity contribution in [1.82, 2.24) is 0 Å². The van der Waals surface area contributed by atoms with Crippen molar-refractivity contribution in [3.8, 4) is 0 Å². The van der Waals surface area contributed by atoms with Gasteiger partial charge in [0, 0.05) is 19.2 Å². The Labute approximate surface area is 125 Å². The van der Waals surface area contributed by atoms with Crippen LogP contribution < -0.4 is 5.32 Å². The third kappa shape index (κ3) is 4.70. The number of ether oxygens (including phenoxy) is 1. The van der Waals surface area contributed by atoms with Crippen LogP contribution in [0.25, 0.3) is 0 Å². The number of anilines is 1. The van der Waals surface area contributed by atoms with Gasteiger partial charge in [-0.1, -0.05) is 26.2 Å². The molecule has 0 aliphatic heterocycles. The largest absolute Gasteiger partial charge is 0.379 e. The van der Waals surface area contributed by atoms with Gasteiger partial charge in [0.05, 0.1) is 11.5 Å². The minimum Gasteiger partial charge on any atom is -0.379 e. The molecule has 2 rings (SSSR count). The Balaban J connectivity index is 1.87. The molecule has 1 aromatic rings. The normalized spacial score (nSPS) is 14.7. The van der Waals surface area contributed by atoms with Gasteiger partial charge in [0.25, 0.3) is 5.69 Å². The van der Waals surface area contributed by atoms with Crippen LogP contribution in [0.2, 0.25) is 0 Å². The smallest absolute Gasteiger partial charge is 0.292 e. The predicted molar refractivity (Wildman–Crippen MR) is 83.5 cm³/mol. The Morgan fingerprint density at radius 3 is 2.86 bits per heavy atom. The van der Waals surface area contributed by atoms with Gasteiger partial charge in [-0.15, -0.1) is 0 Å². The first-order valence-electron chi connectivity index (χ1n) is 7.79. The number of benzene rings is 1. The monoisotopic (exact) mass is 292 g/mol. The number of nitrogens with zero attached hydrogens (tertiary/aromatic N) is 1. The maximum absolute atomic E-state index is 11.0. The fourth-order valence-corrected chi connectivity index (χ4v) is 2.45. The van der Waals surface area contributed by atoms with Gasteiger partial charge in [-0.05, 0) is 36.5 Å². The van der Waals surface area contributed by atoms with Gasteiger partial charge in [-0.3, -0.25) is 10.1 Å². The minimum absolute atomic E-state index is 0.127. The lowest BCUT2D eigenvalue weighted by molar-refractivity contribution is -0.384. The second-order valence-electron chi connectivity index (χ2n) is 5.67. The van der Waals surface area contributed by atoms with E-state index >= 15 is 0 Å². The Hall–Kier alpha value is -1.62. The van der Waals surface area contributed by atoms with Gasteiger partial charge in [0.15, 0.2) is 0 Å². The van der Waals surface area contributed by atoms with Crippen LogP contribution in [-0.4, -0.2) is 18.1 Å². The quantitative estimate of drug-likeness (QED) is 0.422. The average Bonchev–Trinajstić information content (AvgIpc) is 2.42. The van der Waals surface area contributed by atoms with E-state index in [9.17, 15) is 10.1 Å². The summed E-state index contributed by atoms with van der Waals surface area (Å²) in [5.74, 6) is 0.851. The summed E-state index contributed by atoms with van der Waals surface area (Å²) >= 11 is 0. The van der Waals surface area contributed by atoms with E-state index in [0.29, 0.717) is 12.3 Å². The zero-order valence-electron chi connectivity index (χ0n) is 12.6. The summed E-state index contributed by atoms with van der Waals surface area (Å²) in [6, 6.07) is 5.17. The standard InChI is InChI=1S/C16H24N2O3/c1-2-9-17-15-11-14(6-7-16(15)18(19)20)12-21-10-8-13-4-3-5-13/h6-7,11,13,17H,2-5,8-10,12H2,1H3. The number of nitro benzene ring substituents is 1. The second kappa shape index (κ2) is 7.98. The molecule has 1 N–H and O–H groups in total. The molecule has 0 unspecified atom stereocenters. The number of rotatable bonds is 9. The highest BCUT2D eigenvalue weighted by atomic mass is 16.6. The Morgan fingerprint density at radius 1 is 1.43 bits per heavy atom. The molecule has 1 aliphatic rings. The van der Waals surface area contributed by atoms with Crippen molar-refractivity contribution >= 4 is 11.4 Å².